The summed E-state index contributed by atoms with van der Waals surface area (Å²) in [5, 5.41) is 0. The fraction of sp³-hybridized carbons (Fsp3) is 0.333. The Labute approximate surface area is 148 Å². The second-order valence-electron chi connectivity index (χ2n) is 6.57. The minimum Gasteiger partial charge on any atom is -0.312 e. The maximum atomic E-state index is 13.1. The van der Waals surface area contributed by atoms with Crippen LogP contribution in [0.25, 0.3) is 11.2 Å². The second-order valence-corrected chi connectivity index (χ2v) is 6.57. The summed E-state index contributed by atoms with van der Waals surface area (Å²) in [5.41, 5.74) is 1.68. The van der Waals surface area contributed by atoms with Gasteiger partial charge in [-0.25, -0.2) is 9.78 Å². The summed E-state index contributed by atoms with van der Waals surface area (Å²) in [6.45, 7) is 2.36. The zero-order chi connectivity index (χ0) is 18.6. The van der Waals surface area contributed by atoms with Crippen LogP contribution in [0, 0.1) is 0 Å². The van der Waals surface area contributed by atoms with Gasteiger partial charge in [-0.15, -0.1) is 0 Å². The minimum atomic E-state index is -0.614. The number of hydrogen-bond acceptors (Lipinski definition) is 4. The van der Waals surface area contributed by atoms with Gasteiger partial charge in [-0.2, -0.15) is 0 Å². The highest BCUT2D eigenvalue weighted by Crippen LogP contribution is 2.29. The van der Waals surface area contributed by atoms with Crippen molar-refractivity contribution >= 4 is 22.8 Å². The van der Waals surface area contributed by atoms with Crippen LogP contribution in [0.2, 0.25) is 0 Å². The monoisotopic (exact) mass is 353 g/mol. The summed E-state index contributed by atoms with van der Waals surface area (Å²) in [7, 11) is 2.98. The summed E-state index contributed by atoms with van der Waals surface area (Å²) in [4.78, 5) is 43.7. The van der Waals surface area contributed by atoms with Gasteiger partial charge >= 0.3 is 5.69 Å². The molecule has 0 bridgehead atoms. The van der Waals surface area contributed by atoms with E-state index in [1.54, 1.807) is 23.4 Å². The second kappa shape index (κ2) is 5.69. The lowest BCUT2D eigenvalue weighted by Gasteiger charge is -2.22. The number of nitrogens with zero attached hydrogens (tertiary/aromatic N) is 5. The fourth-order valence-electron chi connectivity index (χ4n) is 3.57. The third kappa shape index (κ3) is 2.15. The quantitative estimate of drug-likeness (QED) is 0.675. The number of fused-ring (bicyclic) bond motifs is 2. The molecule has 3 heterocycles. The number of carbonyl (C=O) groups excluding carboxylic acids is 1. The number of amides is 1. The summed E-state index contributed by atoms with van der Waals surface area (Å²) in [5.74, 6) is -0.106. The van der Waals surface area contributed by atoms with Crippen LogP contribution < -0.4 is 16.1 Å². The van der Waals surface area contributed by atoms with Gasteiger partial charge in [-0.1, -0.05) is 18.2 Å². The predicted octanol–water partition coefficient (Wildman–Crippen LogP) is 0.584. The number of anilines is 1. The van der Waals surface area contributed by atoms with E-state index in [1.807, 2.05) is 24.3 Å². The molecule has 1 aromatic carbocycles. The normalized spacial score (nSPS) is 14.7. The summed E-state index contributed by atoms with van der Waals surface area (Å²) in [6.07, 6.45) is 2.27. The third-order valence-corrected chi connectivity index (χ3v) is 5.10. The molecule has 1 aliphatic rings. The van der Waals surface area contributed by atoms with Crippen LogP contribution in [-0.2, 0) is 25.3 Å². The van der Waals surface area contributed by atoms with E-state index in [1.165, 1.54) is 17.9 Å². The first-order valence-corrected chi connectivity index (χ1v) is 8.43. The first-order chi connectivity index (χ1) is 12.4. The van der Waals surface area contributed by atoms with Crippen molar-refractivity contribution in [1.29, 1.82) is 0 Å². The van der Waals surface area contributed by atoms with Gasteiger partial charge in [-0.05, 0) is 25.0 Å². The van der Waals surface area contributed by atoms with Crippen molar-refractivity contribution in [3.8, 4) is 0 Å². The van der Waals surface area contributed by atoms with Gasteiger partial charge in [0.2, 0.25) is 5.91 Å². The lowest BCUT2D eigenvalue weighted by Crippen LogP contribution is -2.39. The highest BCUT2D eigenvalue weighted by atomic mass is 16.2. The Bertz CT molecular complexity index is 1150. The van der Waals surface area contributed by atoms with E-state index in [4.69, 9.17) is 0 Å². The standard InChI is InChI=1S/C18H19N5O3/c1-11(16(24)22-9-8-12-6-4-5-7-13(12)22)23-10-19-15-14(23)17(25)21(3)18(26)20(15)2/h4-7,10-11H,8-9H2,1-3H3/t11-/m0/s1. The summed E-state index contributed by atoms with van der Waals surface area (Å²) < 4.78 is 3.90. The molecule has 0 aliphatic carbocycles. The number of aromatic nitrogens is 4. The van der Waals surface area contributed by atoms with Crippen LogP contribution in [0.5, 0.6) is 0 Å². The number of hydrogen-bond donors (Lipinski definition) is 0. The Morgan fingerprint density at radius 2 is 1.88 bits per heavy atom. The Morgan fingerprint density at radius 3 is 2.65 bits per heavy atom. The molecule has 2 aromatic heterocycles. The van der Waals surface area contributed by atoms with E-state index in [0.717, 1.165) is 22.2 Å². The Morgan fingerprint density at radius 1 is 1.15 bits per heavy atom. The molecule has 0 fully saturated rings. The largest absolute Gasteiger partial charge is 0.332 e. The third-order valence-electron chi connectivity index (χ3n) is 5.10. The van der Waals surface area contributed by atoms with E-state index >= 15 is 0 Å². The van der Waals surface area contributed by atoms with Crippen LogP contribution in [0.3, 0.4) is 0 Å². The fourth-order valence-corrected chi connectivity index (χ4v) is 3.57. The van der Waals surface area contributed by atoms with E-state index in [2.05, 4.69) is 4.98 Å². The lowest BCUT2D eigenvalue weighted by molar-refractivity contribution is -0.121. The molecule has 0 saturated carbocycles. The van der Waals surface area contributed by atoms with E-state index in [0.29, 0.717) is 6.54 Å². The van der Waals surface area contributed by atoms with Gasteiger partial charge in [0, 0.05) is 26.3 Å². The van der Waals surface area contributed by atoms with Crippen LogP contribution in [0.15, 0.2) is 40.2 Å². The summed E-state index contributed by atoms with van der Waals surface area (Å²) in [6, 6.07) is 7.21. The number of rotatable bonds is 2. The number of imidazole rings is 1. The van der Waals surface area contributed by atoms with E-state index < -0.39 is 17.3 Å². The molecule has 1 atom stereocenters. The first kappa shape index (κ1) is 16.3. The van der Waals surface area contributed by atoms with Gasteiger partial charge in [0.15, 0.2) is 11.2 Å². The number of benzene rings is 1. The molecule has 0 spiro atoms. The molecule has 0 saturated heterocycles. The molecule has 0 radical (unpaired) electrons. The molecule has 4 rings (SSSR count). The van der Waals surface area contributed by atoms with Gasteiger partial charge in [0.1, 0.15) is 6.04 Å². The molecule has 134 valence electrons. The van der Waals surface area contributed by atoms with Gasteiger partial charge in [0.25, 0.3) is 5.56 Å². The van der Waals surface area contributed by atoms with Crippen LogP contribution in [0.4, 0.5) is 5.69 Å². The zero-order valence-corrected chi connectivity index (χ0v) is 14.8. The van der Waals surface area contributed by atoms with Crippen molar-refractivity contribution in [1.82, 2.24) is 18.7 Å². The zero-order valence-electron chi connectivity index (χ0n) is 14.8. The van der Waals surface area contributed by atoms with Crippen LogP contribution in [-0.4, -0.2) is 31.1 Å². The highest BCUT2D eigenvalue weighted by molar-refractivity contribution is 5.98. The van der Waals surface area contributed by atoms with Crippen LogP contribution in [0.1, 0.15) is 18.5 Å². The maximum Gasteiger partial charge on any atom is 0.332 e. The van der Waals surface area contributed by atoms with Gasteiger partial charge in [0.05, 0.1) is 6.33 Å². The highest BCUT2D eigenvalue weighted by Gasteiger charge is 2.30. The van der Waals surface area contributed by atoms with Crippen molar-refractivity contribution in [2.24, 2.45) is 14.1 Å². The number of carbonyl (C=O) groups is 1. The molecular formula is C18H19N5O3. The molecule has 1 amide bonds. The maximum absolute atomic E-state index is 13.1. The molecule has 26 heavy (non-hydrogen) atoms. The average Bonchev–Trinajstić information content (AvgIpc) is 3.28. The Balaban J connectivity index is 1.81. The van der Waals surface area contributed by atoms with Crippen molar-refractivity contribution in [2.75, 3.05) is 11.4 Å². The lowest BCUT2D eigenvalue weighted by atomic mass is 10.2. The van der Waals surface area contributed by atoms with E-state index in [-0.39, 0.29) is 17.1 Å². The minimum absolute atomic E-state index is 0.106. The Kier molecular flexibility index (Phi) is 3.57. The number of aryl methyl sites for hydroxylation is 1. The molecule has 0 unspecified atom stereocenters. The molecule has 3 aromatic rings. The van der Waals surface area contributed by atoms with Crippen molar-refractivity contribution < 1.29 is 4.79 Å². The van der Waals surface area contributed by atoms with Crippen LogP contribution >= 0.6 is 0 Å². The molecule has 0 N–H and O–H groups in total. The van der Waals surface area contributed by atoms with E-state index in [9.17, 15) is 14.4 Å². The Hall–Kier alpha value is -3.16. The number of para-hydroxylation sites is 1. The topological polar surface area (TPSA) is 82.1 Å². The molecule has 8 heteroatoms. The summed E-state index contributed by atoms with van der Waals surface area (Å²) >= 11 is 0. The van der Waals surface area contributed by atoms with Crippen molar-refractivity contribution in [2.45, 2.75) is 19.4 Å². The van der Waals surface area contributed by atoms with Crippen molar-refractivity contribution in [3.05, 3.63) is 57.0 Å². The van der Waals surface area contributed by atoms with Gasteiger partial charge in [-0.3, -0.25) is 18.7 Å². The predicted molar refractivity (Wildman–Crippen MR) is 97.4 cm³/mol. The van der Waals surface area contributed by atoms with Crippen molar-refractivity contribution in [3.63, 3.8) is 0 Å². The average molecular weight is 353 g/mol. The van der Waals surface area contributed by atoms with Gasteiger partial charge < -0.3 is 9.47 Å². The smallest absolute Gasteiger partial charge is 0.312 e. The molecule has 8 nitrogen and oxygen atoms in total. The SMILES string of the molecule is C[C@@H](C(=O)N1CCc2ccccc21)n1cnc2c1c(=O)n(C)c(=O)n2C. The first-order valence-electron chi connectivity index (χ1n) is 8.43. The molecule has 1 aliphatic heterocycles. The molecular weight excluding hydrogens is 334 g/mol.